The minimum Gasteiger partial charge on any atom is -0.477 e. The molecule has 1 aromatic rings. The molecule has 0 aliphatic heterocycles. The van der Waals surface area contributed by atoms with Crippen molar-refractivity contribution in [2.24, 2.45) is 7.05 Å². The summed E-state index contributed by atoms with van der Waals surface area (Å²) in [4.78, 5) is 24.6. The largest absolute Gasteiger partial charge is 0.477 e. The smallest absolute Gasteiger partial charge is 0.354 e. The lowest BCUT2D eigenvalue weighted by Crippen LogP contribution is -2.18. The molecule has 0 atom stereocenters. The first-order chi connectivity index (χ1) is 5.11. The monoisotopic (exact) mass is 154 g/mol. The maximum absolute atomic E-state index is 10.8. The van der Waals surface area contributed by atoms with Gasteiger partial charge in [-0.15, -0.1) is 0 Å². The Morgan fingerprint density at radius 3 is 2.82 bits per heavy atom. The molecule has 0 aliphatic carbocycles. The first kappa shape index (κ1) is 7.46. The lowest BCUT2D eigenvalue weighted by Gasteiger charge is -1.94. The van der Waals surface area contributed by atoms with E-state index < -0.39 is 5.97 Å². The molecule has 1 N–H and O–H groups in total. The summed E-state index contributed by atoms with van der Waals surface area (Å²) in [5, 5.41) is 8.39. The average Bonchev–Trinajstić information content (AvgIpc) is 1.94. The standard InChI is InChI=1S/C6H6N2O3/c1-8-3-7-4(6(10)11)2-5(8)9/h2-3H,1H3,(H,10,11). The molecule has 1 heterocycles. The van der Waals surface area contributed by atoms with E-state index in [2.05, 4.69) is 4.98 Å². The molecule has 0 aliphatic rings. The number of hydrogen-bond donors (Lipinski definition) is 1. The molecule has 0 saturated heterocycles. The summed E-state index contributed by atoms with van der Waals surface area (Å²) in [6.45, 7) is 0. The van der Waals surface area contributed by atoms with Gasteiger partial charge in [0.05, 0.1) is 6.33 Å². The number of nitrogens with zero attached hydrogens (tertiary/aromatic N) is 2. The van der Waals surface area contributed by atoms with E-state index in [1.54, 1.807) is 0 Å². The summed E-state index contributed by atoms with van der Waals surface area (Å²) in [6, 6.07) is 0.975. The van der Waals surface area contributed by atoms with Crippen LogP contribution in [0.15, 0.2) is 17.2 Å². The second-order valence-corrected chi connectivity index (χ2v) is 2.03. The Kier molecular flexibility index (Phi) is 1.72. The Hall–Kier alpha value is -1.65. The third-order valence-electron chi connectivity index (χ3n) is 1.20. The zero-order valence-electron chi connectivity index (χ0n) is 5.81. The van der Waals surface area contributed by atoms with Crippen LogP contribution >= 0.6 is 0 Å². The van der Waals surface area contributed by atoms with Crippen LogP contribution in [0, 0.1) is 0 Å². The van der Waals surface area contributed by atoms with Crippen molar-refractivity contribution < 1.29 is 9.90 Å². The quantitative estimate of drug-likeness (QED) is 0.590. The summed E-state index contributed by atoms with van der Waals surface area (Å²) in [5.74, 6) is -1.19. The number of aromatic carboxylic acids is 1. The van der Waals surface area contributed by atoms with Crippen molar-refractivity contribution in [3.63, 3.8) is 0 Å². The fourth-order valence-corrected chi connectivity index (χ4v) is 0.579. The summed E-state index contributed by atoms with van der Waals surface area (Å²) in [6.07, 6.45) is 1.17. The van der Waals surface area contributed by atoms with Crippen molar-refractivity contribution in [3.05, 3.63) is 28.4 Å². The molecule has 0 fully saturated rings. The van der Waals surface area contributed by atoms with Crippen molar-refractivity contribution in [2.75, 3.05) is 0 Å². The summed E-state index contributed by atoms with van der Waals surface area (Å²) < 4.78 is 1.20. The number of aromatic nitrogens is 2. The van der Waals surface area contributed by atoms with Crippen molar-refractivity contribution in [3.8, 4) is 0 Å². The fourth-order valence-electron chi connectivity index (χ4n) is 0.579. The summed E-state index contributed by atoms with van der Waals surface area (Å²) in [7, 11) is 1.50. The number of carbonyl (C=O) groups is 1. The molecule has 0 spiro atoms. The second kappa shape index (κ2) is 2.53. The van der Waals surface area contributed by atoms with Crippen LogP contribution in [-0.2, 0) is 7.05 Å². The molecule has 1 aromatic heterocycles. The van der Waals surface area contributed by atoms with Crippen LogP contribution in [0.1, 0.15) is 10.5 Å². The van der Waals surface area contributed by atoms with Crippen LogP contribution in [0.2, 0.25) is 0 Å². The Balaban J connectivity index is 3.26. The van der Waals surface area contributed by atoms with Crippen LogP contribution in [0.4, 0.5) is 0 Å². The van der Waals surface area contributed by atoms with Gasteiger partial charge in [-0.25, -0.2) is 9.78 Å². The summed E-state index contributed by atoms with van der Waals surface area (Å²) in [5.41, 5.74) is -0.606. The maximum Gasteiger partial charge on any atom is 0.354 e. The van der Waals surface area contributed by atoms with Gasteiger partial charge >= 0.3 is 5.97 Å². The van der Waals surface area contributed by atoms with Gasteiger partial charge < -0.3 is 9.67 Å². The number of aryl methyl sites for hydroxylation is 1. The zero-order valence-corrected chi connectivity index (χ0v) is 5.81. The topological polar surface area (TPSA) is 72.2 Å². The van der Waals surface area contributed by atoms with E-state index in [9.17, 15) is 9.59 Å². The van der Waals surface area contributed by atoms with Gasteiger partial charge in [-0.05, 0) is 0 Å². The molecule has 0 bridgehead atoms. The molecule has 5 nitrogen and oxygen atoms in total. The van der Waals surface area contributed by atoms with Crippen LogP contribution < -0.4 is 5.56 Å². The molecule has 0 radical (unpaired) electrons. The van der Waals surface area contributed by atoms with E-state index in [1.165, 1.54) is 17.9 Å². The van der Waals surface area contributed by atoms with Crippen molar-refractivity contribution >= 4 is 5.97 Å². The van der Waals surface area contributed by atoms with Crippen LogP contribution in [0.25, 0.3) is 0 Å². The van der Waals surface area contributed by atoms with Gasteiger partial charge in [-0.1, -0.05) is 0 Å². The van der Waals surface area contributed by atoms with Crippen molar-refractivity contribution in [1.82, 2.24) is 9.55 Å². The molecule has 0 saturated carbocycles. The molecular formula is C6H6N2O3. The van der Waals surface area contributed by atoms with Gasteiger partial charge in [-0.3, -0.25) is 4.79 Å². The predicted octanol–water partition coefficient (Wildman–Crippen LogP) is -0.522. The Labute approximate surface area is 61.9 Å². The highest BCUT2D eigenvalue weighted by Crippen LogP contribution is 1.86. The fraction of sp³-hybridized carbons (Fsp3) is 0.167. The predicted molar refractivity (Wildman–Crippen MR) is 36.4 cm³/mol. The average molecular weight is 154 g/mol. The molecule has 0 amide bonds. The lowest BCUT2D eigenvalue weighted by atomic mass is 10.4. The Morgan fingerprint density at radius 1 is 1.73 bits per heavy atom. The van der Waals surface area contributed by atoms with Gasteiger partial charge in [0.15, 0.2) is 5.69 Å². The van der Waals surface area contributed by atoms with E-state index >= 15 is 0 Å². The minimum absolute atomic E-state index is 0.229. The summed E-state index contributed by atoms with van der Waals surface area (Å²) >= 11 is 0. The van der Waals surface area contributed by atoms with Gasteiger partial charge in [0.1, 0.15) is 0 Å². The normalized spacial score (nSPS) is 9.55. The zero-order chi connectivity index (χ0) is 8.43. The van der Waals surface area contributed by atoms with Crippen molar-refractivity contribution in [2.45, 2.75) is 0 Å². The highest BCUT2D eigenvalue weighted by molar-refractivity contribution is 5.84. The van der Waals surface area contributed by atoms with Crippen molar-refractivity contribution in [1.29, 1.82) is 0 Å². The van der Waals surface area contributed by atoms with E-state index in [0.29, 0.717) is 0 Å². The molecule has 0 aromatic carbocycles. The third-order valence-corrected chi connectivity index (χ3v) is 1.20. The highest BCUT2D eigenvalue weighted by atomic mass is 16.4. The molecule has 11 heavy (non-hydrogen) atoms. The number of carboxylic acid groups (broad SMARTS) is 1. The van der Waals surface area contributed by atoms with E-state index in [4.69, 9.17) is 5.11 Å². The molecule has 1 rings (SSSR count). The molecular weight excluding hydrogens is 148 g/mol. The highest BCUT2D eigenvalue weighted by Gasteiger charge is 2.04. The Bertz CT molecular complexity index is 342. The molecule has 58 valence electrons. The van der Waals surface area contributed by atoms with E-state index in [-0.39, 0.29) is 11.3 Å². The van der Waals surface area contributed by atoms with E-state index in [1.807, 2.05) is 0 Å². The molecule has 0 unspecified atom stereocenters. The number of carboxylic acids is 1. The van der Waals surface area contributed by atoms with Gasteiger partial charge in [0.2, 0.25) is 0 Å². The SMILES string of the molecule is Cn1cnc(C(=O)O)cc1=O. The minimum atomic E-state index is -1.19. The number of hydrogen-bond acceptors (Lipinski definition) is 3. The molecule has 5 heteroatoms. The number of rotatable bonds is 1. The van der Waals surface area contributed by atoms with Crippen LogP contribution in [0.3, 0.4) is 0 Å². The maximum atomic E-state index is 10.8. The van der Waals surface area contributed by atoms with Gasteiger partial charge in [0, 0.05) is 13.1 Å². The first-order valence-corrected chi connectivity index (χ1v) is 2.87. The third kappa shape index (κ3) is 1.43. The van der Waals surface area contributed by atoms with E-state index in [0.717, 1.165) is 6.07 Å². The van der Waals surface area contributed by atoms with Crippen LogP contribution in [0.5, 0.6) is 0 Å². The second-order valence-electron chi connectivity index (χ2n) is 2.03. The van der Waals surface area contributed by atoms with Gasteiger partial charge in [-0.2, -0.15) is 0 Å². The van der Waals surface area contributed by atoms with Gasteiger partial charge in [0.25, 0.3) is 5.56 Å². The Morgan fingerprint density at radius 2 is 2.36 bits per heavy atom. The first-order valence-electron chi connectivity index (χ1n) is 2.87. The van der Waals surface area contributed by atoms with Crippen LogP contribution in [-0.4, -0.2) is 20.6 Å². The lowest BCUT2D eigenvalue weighted by molar-refractivity contribution is 0.0690.